The van der Waals surface area contributed by atoms with Crippen molar-refractivity contribution in [3.63, 3.8) is 0 Å². The van der Waals surface area contributed by atoms with E-state index in [9.17, 15) is 13.6 Å². The number of methoxy groups -OCH3 is 1. The van der Waals surface area contributed by atoms with Gasteiger partial charge in [-0.3, -0.25) is 4.79 Å². The van der Waals surface area contributed by atoms with Crippen molar-refractivity contribution in [1.82, 2.24) is 5.32 Å². The van der Waals surface area contributed by atoms with E-state index < -0.39 is 28.9 Å². The molecule has 1 aromatic carbocycles. The Morgan fingerprint density at radius 3 is 2.45 bits per heavy atom. The highest BCUT2D eigenvalue weighted by Crippen LogP contribution is 2.21. The molecule has 0 fully saturated rings. The van der Waals surface area contributed by atoms with Crippen LogP contribution >= 0.6 is 0 Å². The third-order valence-electron chi connectivity index (χ3n) is 3.17. The molecule has 0 radical (unpaired) electrons. The molecule has 4 nitrogen and oxygen atoms in total. The fourth-order valence-electron chi connectivity index (χ4n) is 1.77. The summed E-state index contributed by atoms with van der Waals surface area (Å²) in [6, 6.07) is 3.53. The van der Waals surface area contributed by atoms with Gasteiger partial charge in [0.05, 0.1) is 13.7 Å². The molecule has 0 aliphatic carbocycles. The first kappa shape index (κ1) is 16.4. The van der Waals surface area contributed by atoms with Gasteiger partial charge in [-0.2, -0.15) is 0 Å². The molecule has 20 heavy (non-hydrogen) atoms. The van der Waals surface area contributed by atoms with Gasteiger partial charge in [-0.1, -0.05) is 6.07 Å². The van der Waals surface area contributed by atoms with Crippen LogP contribution < -0.4 is 10.1 Å². The fourth-order valence-corrected chi connectivity index (χ4v) is 1.77. The second kappa shape index (κ2) is 7.19. The second-order valence-corrected chi connectivity index (χ2v) is 4.58. The monoisotopic (exact) mass is 287 g/mol. The van der Waals surface area contributed by atoms with E-state index in [1.807, 2.05) is 0 Å². The molecule has 0 aliphatic rings. The molecule has 0 aliphatic heterocycles. The molecule has 6 heteroatoms. The second-order valence-electron chi connectivity index (χ2n) is 4.58. The van der Waals surface area contributed by atoms with Crippen molar-refractivity contribution in [3.8, 4) is 5.75 Å². The highest BCUT2D eigenvalue weighted by molar-refractivity contribution is 5.80. The van der Waals surface area contributed by atoms with Crippen LogP contribution in [0.2, 0.25) is 0 Å². The number of benzene rings is 1. The van der Waals surface area contributed by atoms with Crippen LogP contribution in [0.25, 0.3) is 0 Å². The lowest BCUT2D eigenvalue weighted by Gasteiger charge is -2.25. The van der Waals surface area contributed by atoms with Crippen LogP contribution in [0.3, 0.4) is 0 Å². The smallest absolute Gasteiger partial charge is 0.325 e. The van der Waals surface area contributed by atoms with Crippen molar-refractivity contribution < 1.29 is 23.0 Å². The Balaban J connectivity index is 2.51. The zero-order valence-corrected chi connectivity index (χ0v) is 11.8. The van der Waals surface area contributed by atoms with E-state index in [1.165, 1.54) is 13.2 Å². The number of hydrogen-bond donors (Lipinski definition) is 1. The number of ether oxygens (including phenoxy) is 2. The van der Waals surface area contributed by atoms with Gasteiger partial charge >= 0.3 is 5.97 Å². The number of para-hydroxylation sites is 1. The van der Waals surface area contributed by atoms with Gasteiger partial charge in [0.2, 0.25) is 0 Å². The molecule has 112 valence electrons. The van der Waals surface area contributed by atoms with Crippen molar-refractivity contribution >= 4 is 5.97 Å². The maximum absolute atomic E-state index is 13.3. The van der Waals surface area contributed by atoms with Crippen LogP contribution in [0, 0.1) is 11.6 Å². The fraction of sp³-hybridized carbons (Fsp3) is 0.500. The number of halogens is 2. The van der Waals surface area contributed by atoms with Crippen LogP contribution in [0.4, 0.5) is 8.78 Å². The summed E-state index contributed by atoms with van der Waals surface area (Å²) in [6.45, 7) is 1.80. The molecular formula is C14H19F2NO3. The number of esters is 1. The van der Waals surface area contributed by atoms with Crippen LogP contribution in [-0.2, 0) is 9.53 Å². The highest BCUT2D eigenvalue weighted by Gasteiger charge is 2.31. The Labute approximate surface area is 117 Å². The largest absolute Gasteiger partial charge is 0.488 e. The zero-order chi connectivity index (χ0) is 15.2. The number of likely N-dealkylation sites (N-methyl/N-ethyl adjacent to an activating group) is 1. The quantitative estimate of drug-likeness (QED) is 0.617. The molecule has 0 heterocycles. The molecular weight excluding hydrogens is 268 g/mol. The predicted molar refractivity (Wildman–Crippen MR) is 70.6 cm³/mol. The highest BCUT2D eigenvalue weighted by atomic mass is 19.1. The van der Waals surface area contributed by atoms with Gasteiger partial charge in [-0.05, 0) is 38.9 Å². The van der Waals surface area contributed by atoms with Crippen LogP contribution in [0.15, 0.2) is 18.2 Å². The van der Waals surface area contributed by atoms with E-state index >= 15 is 0 Å². The first-order valence-electron chi connectivity index (χ1n) is 6.28. The van der Waals surface area contributed by atoms with Crippen molar-refractivity contribution in [2.45, 2.75) is 25.3 Å². The number of nitrogens with one attached hydrogen (secondary N) is 1. The van der Waals surface area contributed by atoms with Gasteiger partial charge in [0, 0.05) is 0 Å². The molecule has 1 unspecified atom stereocenters. The average Bonchev–Trinajstić information content (AvgIpc) is 2.44. The third kappa shape index (κ3) is 3.90. The normalized spacial score (nSPS) is 13.7. The van der Waals surface area contributed by atoms with Crippen LogP contribution in [-0.4, -0.2) is 32.3 Å². The summed E-state index contributed by atoms with van der Waals surface area (Å²) in [6.07, 6.45) is 0.868. The number of hydrogen-bond acceptors (Lipinski definition) is 4. The molecule has 0 bridgehead atoms. The minimum absolute atomic E-state index is 0.103. The van der Waals surface area contributed by atoms with E-state index in [0.717, 1.165) is 12.1 Å². The molecule has 0 saturated heterocycles. The number of carbonyl (C=O) groups is 1. The molecule has 0 saturated carbocycles. The summed E-state index contributed by atoms with van der Waals surface area (Å²) in [5.41, 5.74) is -0.841. The summed E-state index contributed by atoms with van der Waals surface area (Å²) < 4.78 is 36.4. The van der Waals surface area contributed by atoms with Crippen molar-refractivity contribution in [2.75, 3.05) is 20.8 Å². The van der Waals surface area contributed by atoms with E-state index in [1.54, 1.807) is 14.0 Å². The van der Waals surface area contributed by atoms with Crippen LogP contribution in [0.1, 0.15) is 19.8 Å². The Hall–Kier alpha value is -1.69. The standard InChI is InChI=1S/C14H19F2NO3/c1-14(17-2,13(18)19-3)8-5-9-20-12-10(15)6-4-7-11(12)16/h4,6-7,17H,5,8-9H2,1-3H3. The maximum Gasteiger partial charge on any atom is 0.325 e. The summed E-state index contributed by atoms with van der Waals surface area (Å²) in [5.74, 6) is -2.27. The summed E-state index contributed by atoms with van der Waals surface area (Å²) in [4.78, 5) is 11.6. The molecule has 0 spiro atoms. The Kier molecular flexibility index (Phi) is 5.88. The minimum atomic E-state index is -0.841. The van der Waals surface area contributed by atoms with Gasteiger partial charge in [0.15, 0.2) is 17.4 Å². The number of rotatable bonds is 7. The van der Waals surface area contributed by atoms with E-state index in [4.69, 9.17) is 9.47 Å². The van der Waals surface area contributed by atoms with Crippen molar-refractivity contribution in [1.29, 1.82) is 0 Å². The predicted octanol–water partition coefficient (Wildman–Crippen LogP) is 2.27. The third-order valence-corrected chi connectivity index (χ3v) is 3.17. The van der Waals surface area contributed by atoms with Crippen molar-refractivity contribution in [3.05, 3.63) is 29.8 Å². The number of carbonyl (C=O) groups excluding carboxylic acids is 1. The first-order valence-corrected chi connectivity index (χ1v) is 6.28. The minimum Gasteiger partial charge on any atom is -0.488 e. The van der Waals surface area contributed by atoms with Crippen molar-refractivity contribution in [2.24, 2.45) is 0 Å². The molecule has 0 aromatic heterocycles. The van der Waals surface area contributed by atoms with E-state index in [-0.39, 0.29) is 6.61 Å². The summed E-state index contributed by atoms with van der Waals surface area (Å²) >= 11 is 0. The SMILES string of the molecule is CNC(C)(CCCOc1c(F)cccc1F)C(=O)OC. The van der Waals surface area contributed by atoms with E-state index in [2.05, 4.69) is 5.32 Å². The summed E-state index contributed by atoms with van der Waals surface area (Å²) in [7, 11) is 2.96. The Bertz CT molecular complexity index is 447. The lowest BCUT2D eigenvalue weighted by molar-refractivity contribution is -0.148. The topological polar surface area (TPSA) is 47.6 Å². The van der Waals surface area contributed by atoms with E-state index in [0.29, 0.717) is 12.8 Å². The lowest BCUT2D eigenvalue weighted by Crippen LogP contribution is -2.48. The maximum atomic E-state index is 13.3. The molecule has 1 N–H and O–H groups in total. The Morgan fingerprint density at radius 1 is 1.35 bits per heavy atom. The van der Waals surface area contributed by atoms with Gasteiger partial charge in [-0.25, -0.2) is 8.78 Å². The molecule has 1 aromatic rings. The average molecular weight is 287 g/mol. The zero-order valence-electron chi connectivity index (χ0n) is 11.8. The molecule has 1 rings (SSSR count). The van der Waals surface area contributed by atoms with Crippen LogP contribution in [0.5, 0.6) is 5.75 Å². The molecule has 0 amide bonds. The Morgan fingerprint density at radius 2 is 1.95 bits per heavy atom. The van der Waals surface area contributed by atoms with Gasteiger partial charge in [0.1, 0.15) is 5.54 Å². The van der Waals surface area contributed by atoms with Gasteiger partial charge in [0.25, 0.3) is 0 Å². The van der Waals surface area contributed by atoms with Gasteiger partial charge in [-0.15, -0.1) is 0 Å². The lowest BCUT2D eigenvalue weighted by atomic mass is 9.96. The van der Waals surface area contributed by atoms with Gasteiger partial charge < -0.3 is 14.8 Å². The summed E-state index contributed by atoms with van der Waals surface area (Å²) in [5, 5.41) is 2.87. The first-order chi connectivity index (χ1) is 9.44. The molecule has 1 atom stereocenters.